The quantitative estimate of drug-likeness (QED) is 0.622. The second kappa shape index (κ2) is 5.79. The fourth-order valence-corrected chi connectivity index (χ4v) is 1.97. The lowest BCUT2D eigenvalue weighted by Crippen LogP contribution is -2.03. The van der Waals surface area contributed by atoms with Crippen molar-refractivity contribution in [3.05, 3.63) is 44.8 Å². The van der Waals surface area contributed by atoms with E-state index in [9.17, 15) is 10.1 Å². The number of nitrogens with zero attached hydrogens (tertiary/aromatic N) is 4. The summed E-state index contributed by atoms with van der Waals surface area (Å²) < 4.78 is 7.10. The van der Waals surface area contributed by atoms with Crippen molar-refractivity contribution in [3.8, 4) is 5.75 Å². The number of ether oxygens (including phenoxy) is 1. The third kappa shape index (κ3) is 3.28. The highest BCUT2D eigenvalue weighted by Gasteiger charge is 2.18. The maximum Gasteiger partial charge on any atom is 0.404 e. The van der Waals surface area contributed by atoms with Crippen LogP contribution in [0.15, 0.2) is 29.0 Å². The van der Waals surface area contributed by atoms with Gasteiger partial charge in [0.2, 0.25) is 0 Å². The van der Waals surface area contributed by atoms with Gasteiger partial charge in [-0.2, -0.15) is 4.68 Å². The Hall–Kier alpha value is -1.96. The maximum atomic E-state index is 10.7. The second-order valence-electron chi connectivity index (χ2n) is 3.67. The number of pyridine rings is 1. The van der Waals surface area contributed by atoms with Gasteiger partial charge in [0, 0.05) is 0 Å². The van der Waals surface area contributed by atoms with Gasteiger partial charge >= 0.3 is 5.82 Å². The van der Waals surface area contributed by atoms with Crippen molar-refractivity contribution in [2.75, 3.05) is 6.61 Å². The van der Waals surface area contributed by atoms with Crippen LogP contribution in [-0.2, 0) is 6.54 Å². The Labute approximate surface area is 117 Å². The summed E-state index contributed by atoms with van der Waals surface area (Å²) in [6.45, 7) is 2.84. The molecule has 100 valence electrons. The van der Waals surface area contributed by atoms with Gasteiger partial charge < -0.3 is 14.9 Å². The van der Waals surface area contributed by atoms with Crippen LogP contribution in [0.25, 0.3) is 0 Å². The zero-order valence-corrected chi connectivity index (χ0v) is 11.7. The molecule has 19 heavy (non-hydrogen) atoms. The Morgan fingerprint density at radius 2 is 2.32 bits per heavy atom. The van der Waals surface area contributed by atoms with Gasteiger partial charge in [0.15, 0.2) is 0 Å². The second-order valence-corrected chi connectivity index (χ2v) is 4.53. The van der Waals surface area contributed by atoms with Crippen LogP contribution in [0.4, 0.5) is 5.82 Å². The minimum absolute atomic E-state index is 0.203. The molecular formula is C11H11BrN4O3. The minimum atomic E-state index is -0.536. The zero-order chi connectivity index (χ0) is 13.8. The minimum Gasteiger partial charge on any atom is -0.492 e. The normalized spacial score (nSPS) is 10.4. The molecule has 2 aromatic heterocycles. The number of halogens is 1. The van der Waals surface area contributed by atoms with Crippen LogP contribution < -0.4 is 4.74 Å². The Morgan fingerprint density at radius 3 is 2.84 bits per heavy atom. The first-order valence-electron chi connectivity index (χ1n) is 5.55. The van der Waals surface area contributed by atoms with Crippen LogP contribution in [0, 0.1) is 10.1 Å². The van der Waals surface area contributed by atoms with Gasteiger partial charge in [0.05, 0.1) is 29.8 Å². The first kappa shape index (κ1) is 13.5. The lowest BCUT2D eigenvalue weighted by atomic mass is 10.3. The Balaban J connectivity index is 2.12. The molecule has 0 aliphatic rings. The molecule has 2 heterocycles. The van der Waals surface area contributed by atoms with E-state index in [1.807, 2.05) is 6.92 Å². The lowest BCUT2D eigenvalue weighted by Gasteiger charge is -2.02. The molecule has 2 rings (SSSR count). The van der Waals surface area contributed by atoms with E-state index in [1.165, 1.54) is 4.68 Å². The van der Waals surface area contributed by atoms with E-state index in [-0.39, 0.29) is 5.82 Å². The monoisotopic (exact) mass is 326 g/mol. The topological polar surface area (TPSA) is 83.1 Å². The summed E-state index contributed by atoms with van der Waals surface area (Å²) in [5.74, 6) is 0.491. The van der Waals surface area contributed by atoms with Crippen molar-refractivity contribution in [2.45, 2.75) is 13.5 Å². The molecule has 0 amide bonds. The van der Waals surface area contributed by atoms with Gasteiger partial charge in [-0.3, -0.25) is 4.98 Å². The Bertz CT molecular complexity index is 582. The first-order chi connectivity index (χ1) is 9.10. The fourth-order valence-electron chi connectivity index (χ4n) is 1.51. The molecule has 0 bridgehead atoms. The molecule has 8 heteroatoms. The highest BCUT2D eigenvalue weighted by molar-refractivity contribution is 9.10. The molecule has 0 saturated heterocycles. The smallest absolute Gasteiger partial charge is 0.404 e. The summed E-state index contributed by atoms with van der Waals surface area (Å²) in [4.78, 5) is 14.3. The molecule has 0 atom stereocenters. The molecule has 0 radical (unpaired) electrons. The largest absolute Gasteiger partial charge is 0.492 e. The van der Waals surface area contributed by atoms with Gasteiger partial charge in [-0.25, -0.2) is 0 Å². The van der Waals surface area contributed by atoms with Crippen LogP contribution in [0.1, 0.15) is 12.6 Å². The highest BCUT2D eigenvalue weighted by atomic mass is 79.9. The van der Waals surface area contributed by atoms with Crippen LogP contribution in [0.2, 0.25) is 0 Å². The summed E-state index contributed by atoms with van der Waals surface area (Å²) >= 11 is 3.10. The van der Waals surface area contributed by atoms with Crippen molar-refractivity contribution in [1.29, 1.82) is 0 Å². The molecule has 0 aliphatic carbocycles. The molecule has 0 unspecified atom stereocenters. The molecule has 2 aromatic rings. The zero-order valence-electron chi connectivity index (χ0n) is 10.1. The highest BCUT2D eigenvalue weighted by Crippen LogP contribution is 2.22. The predicted octanol–water partition coefficient (Wildman–Crippen LogP) is 2.40. The maximum absolute atomic E-state index is 10.7. The van der Waals surface area contributed by atoms with Crippen molar-refractivity contribution >= 4 is 21.7 Å². The van der Waals surface area contributed by atoms with Gasteiger partial charge in [-0.1, -0.05) is 0 Å². The Kier molecular flexibility index (Phi) is 4.10. The summed E-state index contributed by atoms with van der Waals surface area (Å²) in [6.07, 6.45) is 3.17. The van der Waals surface area contributed by atoms with Gasteiger partial charge in [0.25, 0.3) is 0 Å². The number of nitro groups is 1. The lowest BCUT2D eigenvalue weighted by molar-refractivity contribution is -0.390. The molecule has 0 saturated carbocycles. The predicted molar refractivity (Wildman–Crippen MR) is 71.1 cm³/mol. The number of hydrogen-bond donors (Lipinski definition) is 0. The fraction of sp³-hybridized carbons (Fsp3) is 0.273. The summed E-state index contributed by atoms with van der Waals surface area (Å²) in [6, 6.07) is 3.60. The molecule has 0 N–H and O–H groups in total. The Morgan fingerprint density at radius 1 is 1.53 bits per heavy atom. The molecule has 0 aromatic carbocycles. The average Bonchev–Trinajstić information content (AvgIpc) is 2.73. The average molecular weight is 327 g/mol. The molecule has 0 spiro atoms. The van der Waals surface area contributed by atoms with E-state index in [0.717, 1.165) is 5.69 Å². The standard InChI is InChI=1S/C11H11BrN4O3/c1-2-19-9-4-3-8(13-5-9)6-15-7-10(12)11(14-15)16(17)18/h3-5,7H,2,6H2,1H3. The van der Waals surface area contributed by atoms with E-state index in [4.69, 9.17) is 4.74 Å². The molecule has 0 aliphatic heterocycles. The van der Waals surface area contributed by atoms with Crippen LogP contribution >= 0.6 is 15.9 Å². The van der Waals surface area contributed by atoms with Crippen molar-refractivity contribution in [1.82, 2.24) is 14.8 Å². The van der Waals surface area contributed by atoms with Crippen LogP contribution in [0.3, 0.4) is 0 Å². The molecule has 0 fully saturated rings. The third-order valence-corrected chi connectivity index (χ3v) is 2.86. The van der Waals surface area contributed by atoms with E-state index in [0.29, 0.717) is 23.4 Å². The van der Waals surface area contributed by atoms with Gasteiger partial charge in [-0.05, 0) is 39.9 Å². The van der Waals surface area contributed by atoms with E-state index in [1.54, 1.807) is 24.5 Å². The van der Waals surface area contributed by atoms with Crippen molar-refractivity contribution in [2.24, 2.45) is 0 Å². The van der Waals surface area contributed by atoms with Gasteiger partial charge in [-0.15, -0.1) is 0 Å². The third-order valence-electron chi connectivity index (χ3n) is 2.30. The van der Waals surface area contributed by atoms with E-state index >= 15 is 0 Å². The van der Waals surface area contributed by atoms with Crippen molar-refractivity contribution < 1.29 is 9.66 Å². The molecule has 7 nitrogen and oxygen atoms in total. The number of hydrogen-bond acceptors (Lipinski definition) is 5. The number of aromatic nitrogens is 3. The first-order valence-corrected chi connectivity index (χ1v) is 6.34. The summed E-state index contributed by atoms with van der Waals surface area (Å²) in [5.41, 5.74) is 0.744. The molecular weight excluding hydrogens is 316 g/mol. The SMILES string of the molecule is CCOc1ccc(Cn2cc(Br)c([N+](=O)[O-])n2)nc1. The number of rotatable bonds is 5. The van der Waals surface area contributed by atoms with Gasteiger partial charge in [0.1, 0.15) is 16.8 Å². The van der Waals surface area contributed by atoms with Crippen molar-refractivity contribution in [3.63, 3.8) is 0 Å². The summed E-state index contributed by atoms with van der Waals surface area (Å²) in [5, 5.41) is 14.5. The van der Waals surface area contributed by atoms with Crippen LogP contribution in [0.5, 0.6) is 5.75 Å². The summed E-state index contributed by atoms with van der Waals surface area (Å²) in [7, 11) is 0. The van der Waals surface area contributed by atoms with Crippen LogP contribution in [-0.4, -0.2) is 26.3 Å². The van der Waals surface area contributed by atoms with E-state index < -0.39 is 4.92 Å². The van der Waals surface area contributed by atoms with E-state index in [2.05, 4.69) is 26.0 Å².